The summed E-state index contributed by atoms with van der Waals surface area (Å²) in [7, 11) is 0. The van der Waals surface area contributed by atoms with Gasteiger partial charge in [0, 0.05) is 28.2 Å². The summed E-state index contributed by atoms with van der Waals surface area (Å²) in [5.74, 6) is 0.0201. The Hall–Kier alpha value is -1.61. The third kappa shape index (κ3) is 2.74. The molecule has 1 aromatic rings. The molecule has 17 heavy (non-hydrogen) atoms. The van der Waals surface area contributed by atoms with Gasteiger partial charge in [0.15, 0.2) is 5.78 Å². The van der Waals surface area contributed by atoms with Crippen LogP contribution in [0.15, 0.2) is 53.0 Å². The first-order chi connectivity index (χ1) is 8.20. The number of rotatable bonds is 3. The molecule has 0 spiro atoms. The molecule has 1 N–H and O–H groups in total. The van der Waals surface area contributed by atoms with Gasteiger partial charge in [-0.25, -0.2) is 0 Å². The number of allylic oxidation sites excluding steroid dienone is 4. The van der Waals surface area contributed by atoms with Gasteiger partial charge in [-0.2, -0.15) is 0 Å². The van der Waals surface area contributed by atoms with E-state index in [1.807, 2.05) is 30.5 Å². The Morgan fingerprint density at radius 2 is 2.00 bits per heavy atom. The van der Waals surface area contributed by atoms with Crippen molar-refractivity contribution in [2.75, 3.05) is 6.26 Å². The molecule has 0 fully saturated rings. The normalized spacial score (nSPS) is 14.6. The first kappa shape index (κ1) is 11.9. The quantitative estimate of drug-likeness (QED) is 0.652. The summed E-state index contributed by atoms with van der Waals surface area (Å²) in [5, 5.41) is 7.56. The highest BCUT2D eigenvalue weighted by Gasteiger charge is 2.14. The molecule has 1 aliphatic carbocycles. The van der Waals surface area contributed by atoms with Crippen molar-refractivity contribution >= 4 is 23.3 Å². The average molecular weight is 243 g/mol. The van der Waals surface area contributed by atoms with Gasteiger partial charge in [-0.15, -0.1) is 11.8 Å². The zero-order valence-electron chi connectivity index (χ0n) is 9.57. The van der Waals surface area contributed by atoms with E-state index < -0.39 is 0 Å². The third-order valence-electron chi connectivity index (χ3n) is 2.62. The molecule has 2 nitrogen and oxygen atoms in total. The van der Waals surface area contributed by atoms with E-state index in [-0.39, 0.29) is 5.78 Å². The van der Waals surface area contributed by atoms with Crippen molar-refractivity contribution in [2.45, 2.75) is 11.3 Å². The number of benzene rings is 1. The van der Waals surface area contributed by atoms with Gasteiger partial charge in [0.05, 0.1) is 0 Å². The summed E-state index contributed by atoms with van der Waals surface area (Å²) >= 11 is 1.65. The molecular weight excluding hydrogens is 230 g/mol. The highest BCUT2D eigenvalue weighted by Crippen LogP contribution is 2.19. The van der Waals surface area contributed by atoms with Gasteiger partial charge in [0.25, 0.3) is 0 Å². The number of carbonyl (C=O) groups excluding carboxylic acids is 1. The van der Waals surface area contributed by atoms with Crippen molar-refractivity contribution in [3.63, 3.8) is 0 Å². The predicted octanol–water partition coefficient (Wildman–Crippen LogP) is 3.50. The van der Waals surface area contributed by atoms with E-state index in [0.29, 0.717) is 23.3 Å². The predicted molar refractivity (Wildman–Crippen MR) is 72.1 cm³/mol. The summed E-state index contributed by atoms with van der Waals surface area (Å²) in [6.45, 7) is 0. The van der Waals surface area contributed by atoms with Crippen LogP contribution in [0.4, 0.5) is 0 Å². The maximum atomic E-state index is 12.1. The van der Waals surface area contributed by atoms with E-state index in [9.17, 15) is 4.79 Å². The van der Waals surface area contributed by atoms with Crippen LogP contribution < -0.4 is 0 Å². The van der Waals surface area contributed by atoms with E-state index in [1.165, 1.54) is 0 Å². The van der Waals surface area contributed by atoms with Crippen LogP contribution in [0.3, 0.4) is 0 Å². The standard InChI is InChI=1S/C14H13NOS/c1-17-13-7-5-10(6-8-13)14(16)11-3-2-4-12(15)9-11/h2-8,15H,9H2,1H3. The van der Waals surface area contributed by atoms with E-state index in [0.717, 1.165) is 4.90 Å². The molecule has 0 saturated heterocycles. The second kappa shape index (κ2) is 5.15. The lowest BCUT2D eigenvalue weighted by atomic mass is 9.95. The highest BCUT2D eigenvalue weighted by atomic mass is 32.2. The summed E-state index contributed by atoms with van der Waals surface area (Å²) < 4.78 is 0. The fourth-order valence-electron chi connectivity index (χ4n) is 1.69. The lowest BCUT2D eigenvalue weighted by Crippen LogP contribution is -2.09. The van der Waals surface area contributed by atoms with Gasteiger partial charge >= 0.3 is 0 Å². The largest absolute Gasteiger partial charge is 0.305 e. The van der Waals surface area contributed by atoms with Gasteiger partial charge in [0.2, 0.25) is 0 Å². The van der Waals surface area contributed by atoms with Crippen molar-refractivity contribution in [2.24, 2.45) is 0 Å². The minimum atomic E-state index is 0.0201. The molecule has 86 valence electrons. The molecule has 0 amide bonds. The molecule has 1 aromatic carbocycles. The number of ketones is 1. The number of nitrogens with one attached hydrogen (secondary N) is 1. The second-order valence-corrected chi connectivity index (χ2v) is 4.69. The lowest BCUT2D eigenvalue weighted by molar-refractivity contribution is 0.103. The SMILES string of the molecule is CSc1ccc(C(=O)C2=CC=CC(=N)C2)cc1. The number of carbonyl (C=O) groups is 1. The first-order valence-corrected chi connectivity index (χ1v) is 6.56. The van der Waals surface area contributed by atoms with E-state index in [4.69, 9.17) is 5.41 Å². The lowest BCUT2D eigenvalue weighted by Gasteiger charge is -2.09. The Morgan fingerprint density at radius 1 is 1.29 bits per heavy atom. The summed E-state index contributed by atoms with van der Waals surface area (Å²) in [6.07, 6.45) is 7.71. The smallest absolute Gasteiger partial charge is 0.189 e. The molecule has 0 bridgehead atoms. The van der Waals surface area contributed by atoms with Crippen LogP contribution in [0.25, 0.3) is 0 Å². The minimum Gasteiger partial charge on any atom is -0.305 e. The van der Waals surface area contributed by atoms with Crippen molar-refractivity contribution < 1.29 is 4.79 Å². The molecule has 2 rings (SSSR count). The van der Waals surface area contributed by atoms with Crippen molar-refractivity contribution in [3.8, 4) is 0 Å². The van der Waals surface area contributed by atoms with Crippen molar-refractivity contribution in [3.05, 3.63) is 53.6 Å². The van der Waals surface area contributed by atoms with Gasteiger partial charge < -0.3 is 5.41 Å². The van der Waals surface area contributed by atoms with Gasteiger partial charge in [0.1, 0.15) is 0 Å². The maximum absolute atomic E-state index is 12.1. The summed E-state index contributed by atoms with van der Waals surface area (Å²) in [4.78, 5) is 13.3. The van der Waals surface area contributed by atoms with Crippen LogP contribution >= 0.6 is 11.8 Å². The fourth-order valence-corrected chi connectivity index (χ4v) is 2.10. The minimum absolute atomic E-state index is 0.0201. The average Bonchev–Trinajstić information content (AvgIpc) is 2.38. The van der Waals surface area contributed by atoms with Crippen molar-refractivity contribution in [1.29, 1.82) is 5.41 Å². The van der Waals surface area contributed by atoms with Crippen LogP contribution in [-0.2, 0) is 0 Å². The molecule has 3 heteroatoms. The molecule has 0 aliphatic heterocycles. The van der Waals surface area contributed by atoms with E-state index >= 15 is 0 Å². The number of Topliss-reactive ketones (excluding diaryl/α,β-unsaturated/α-hetero) is 1. The molecule has 1 aliphatic rings. The fraction of sp³-hybridized carbons (Fsp3) is 0.143. The van der Waals surface area contributed by atoms with Crippen LogP contribution in [0.2, 0.25) is 0 Å². The topological polar surface area (TPSA) is 40.9 Å². The monoisotopic (exact) mass is 243 g/mol. The zero-order valence-corrected chi connectivity index (χ0v) is 10.4. The maximum Gasteiger partial charge on any atom is 0.189 e. The molecule has 0 atom stereocenters. The van der Waals surface area contributed by atoms with Crippen molar-refractivity contribution in [1.82, 2.24) is 0 Å². The van der Waals surface area contributed by atoms with Gasteiger partial charge in [-0.1, -0.05) is 12.2 Å². The summed E-state index contributed by atoms with van der Waals surface area (Å²) in [6, 6.07) is 7.58. The van der Waals surface area contributed by atoms with Crippen LogP contribution in [0, 0.1) is 5.41 Å². The first-order valence-electron chi connectivity index (χ1n) is 5.34. The number of hydrogen-bond donors (Lipinski definition) is 1. The summed E-state index contributed by atoms with van der Waals surface area (Å²) in [5.41, 5.74) is 1.86. The van der Waals surface area contributed by atoms with Gasteiger partial charge in [-0.05, 0) is 36.6 Å². The van der Waals surface area contributed by atoms with Crippen LogP contribution in [-0.4, -0.2) is 17.8 Å². The number of thioether (sulfide) groups is 1. The highest BCUT2D eigenvalue weighted by molar-refractivity contribution is 7.98. The van der Waals surface area contributed by atoms with Crippen LogP contribution in [0.1, 0.15) is 16.8 Å². The van der Waals surface area contributed by atoms with Crippen LogP contribution in [0.5, 0.6) is 0 Å². The molecule has 0 unspecified atom stereocenters. The van der Waals surface area contributed by atoms with E-state index in [2.05, 4.69) is 0 Å². The Labute approximate surface area is 105 Å². The van der Waals surface area contributed by atoms with E-state index in [1.54, 1.807) is 30.0 Å². The zero-order chi connectivity index (χ0) is 12.3. The molecule has 0 saturated carbocycles. The molecular formula is C14H13NOS. The Kier molecular flexibility index (Phi) is 3.59. The molecule has 0 radical (unpaired) electrons. The second-order valence-electron chi connectivity index (χ2n) is 3.81. The third-order valence-corrected chi connectivity index (χ3v) is 3.36. The Bertz CT molecular complexity index is 512. The molecule has 0 heterocycles. The van der Waals surface area contributed by atoms with Gasteiger partial charge in [-0.3, -0.25) is 4.79 Å². The number of hydrogen-bond acceptors (Lipinski definition) is 3. The Balaban J connectivity index is 2.22. The Morgan fingerprint density at radius 3 is 2.59 bits per heavy atom. The molecule has 0 aromatic heterocycles.